The van der Waals surface area contributed by atoms with Crippen molar-refractivity contribution in [2.24, 2.45) is 27.2 Å². The highest BCUT2D eigenvalue weighted by molar-refractivity contribution is 8.14. The average molecular weight is 1090 g/mol. The molecule has 0 amide bonds. The summed E-state index contributed by atoms with van der Waals surface area (Å²) >= 11 is 5.93. The van der Waals surface area contributed by atoms with Crippen LogP contribution in [-0.4, -0.2) is 70.2 Å². The third-order valence-electron chi connectivity index (χ3n) is 10.1. The molecule has 7 rings (SSSR count). The van der Waals surface area contributed by atoms with E-state index in [0.717, 1.165) is 56.2 Å². The number of aliphatic imine (C=N–C) groups is 2. The summed E-state index contributed by atoms with van der Waals surface area (Å²) in [4.78, 5) is 13.6. The Kier molecular flexibility index (Phi) is 27.0. The van der Waals surface area contributed by atoms with Crippen LogP contribution >= 0.6 is 71.9 Å². The summed E-state index contributed by atoms with van der Waals surface area (Å²) in [5.41, 5.74) is 22.7. The topological polar surface area (TPSA) is 181 Å². The summed E-state index contributed by atoms with van der Waals surface area (Å²) < 4.78 is 77.7. The Bertz CT molecular complexity index is 2390. The Hall–Kier alpha value is -4.58. The van der Waals surface area contributed by atoms with Crippen LogP contribution in [0.5, 0.6) is 0 Å². The molecule has 2 heterocycles. The van der Waals surface area contributed by atoms with E-state index in [1.165, 1.54) is 65.0 Å². The van der Waals surface area contributed by atoms with E-state index in [1.54, 1.807) is 35.7 Å². The highest BCUT2D eigenvalue weighted by Crippen LogP contribution is 2.24. The van der Waals surface area contributed by atoms with E-state index in [0.29, 0.717) is 69.7 Å². The second-order valence-corrected chi connectivity index (χ2v) is 19.0. The molecule has 2 aliphatic heterocycles. The zero-order valence-electron chi connectivity index (χ0n) is 37.7. The quantitative estimate of drug-likeness (QED) is 0.0301. The molecule has 0 saturated carbocycles. The Morgan fingerprint density at radius 3 is 1.17 bits per heavy atom. The maximum Gasteiger partial charge on any atom is 0.159 e. The van der Waals surface area contributed by atoms with Gasteiger partial charge < -0.3 is 27.8 Å². The van der Waals surface area contributed by atoms with Crippen molar-refractivity contribution in [2.45, 2.75) is 42.4 Å². The van der Waals surface area contributed by atoms with Crippen molar-refractivity contribution in [1.82, 2.24) is 20.4 Å². The standard InChI is InChI=1S/C30H32F4N6S2.C10H14N4S2.C7H7F2N.2ClH/c31-25-7-5-21(13-27(25)33)9-11-39-17-35-29(36-18-39)41-15-23-3-1-2-4-24(23)16-42-30-37-19-40(20-38-30)12-10-22-6-8-26(32)28(34)14-22;11-9(12)15-5-7-3-1-2-4-8(7)6-16-10(13)14;8-6-2-1-5(4-10)3-7(6)9;;/h1-8,13-14H,9-12,15-20H2,(H,35,36)(H,37,38);1-4H,5-6H2,(H3,11,12)(H3,13,14);1-3H,4,10H2;2*1H. The summed E-state index contributed by atoms with van der Waals surface area (Å²) in [5.74, 6) is -2.02. The summed E-state index contributed by atoms with van der Waals surface area (Å²) in [6, 6.07) is 28.0. The molecule has 0 atom stereocenters. The van der Waals surface area contributed by atoms with Gasteiger partial charge in [0.1, 0.15) is 0 Å². The maximum atomic E-state index is 13.4. The number of hydrogen-bond acceptors (Lipinski definition) is 13. The number of amidine groups is 4. The van der Waals surface area contributed by atoms with E-state index in [9.17, 15) is 26.3 Å². The zero-order valence-corrected chi connectivity index (χ0v) is 42.6. The first-order valence-electron chi connectivity index (χ1n) is 21.1. The lowest BCUT2D eigenvalue weighted by Crippen LogP contribution is -2.42. The lowest BCUT2D eigenvalue weighted by atomic mass is 10.1. The largest absolute Gasteiger partial charge is 0.379 e. The third-order valence-corrected chi connectivity index (χ3v) is 13.6. The van der Waals surface area contributed by atoms with Crippen LogP contribution in [0.1, 0.15) is 38.9 Å². The van der Waals surface area contributed by atoms with Crippen molar-refractivity contribution in [3.8, 4) is 0 Å². The fourth-order valence-electron chi connectivity index (χ4n) is 6.30. The molecule has 0 aliphatic carbocycles. The van der Waals surface area contributed by atoms with Crippen molar-refractivity contribution < 1.29 is 26.3 Å². The Morgan fingerprint density at radius 1 is 0.514 bits per heavy atom. The minimum Gasteiger partial charge on any atom is -0.379 e. The van der Waals surface area contributed by atoms with Crippen molar-refractivity contribution in [3.05, 3.63) is 177 Å². The molecule has 0 radical (unpaired) electrons. The molecule has 10 N–H and O–H groups in total. The number of nitrogens with two attached hydrogens (primary N) is 3. The van der Waals surface area contributed by atoms with Crippen molar-refractivity contribution in [3.63, 3.8) is 0 Å². The number of thioether (sulfide) groups is 4. The van der Waals surface area contributed by atoms with E-state index in [2.05, 4.69) is 42.6 Å². The molecule has 378 valence electrons. The van der Waals surface area contributed by atoms with E-state index >= 15 is 0 Å². The van der Waals surface area contributed by atoms with Gasteiger partial charge in [-0.3, -0.25) is 20.6 Å². The molecular formula is C47H55Cl2F6N11S4. The molecule has 0 spiro atoms. The normalized spacial score (nSPS) is 13.3. The second-order valence-electron chi connectivity index (χ2n) is 15.0. The van der Waals surface area contributed by atoms with Gasteiger partial charge in [-0.05, 0) is 88.2 Å². The molecule has 0 bridgehead atoms. The minimum absolute atomic E-state index is 0. The highest BCUT2D eigenvalue weighted by Gasteiger charge is 2.16. The number of halogens is 8. The summed E-state index contributed by atoms with van der Waals surface area (Å²) in [5, 5.41) is 23.1. The summed E-state index contributed by atoms with van der Waals surface area (Å²) in [6.07, 6.45) is 1.24. The zero-order chi connectivity index (χ0) is 48.8. The predicted molar refractivity (Wildman–Crippen MR) is 285 cm³/mol. The van der Waals surface area contributed by atoms with E-state index in [4.69, 9.17) is 28.0 Å². The van der Waals surface area contributed by atoms with Gasteiger partial charge in [0.2, 0.25) is 0 Å². The highest BCUT2D eigenvalue weighted by atomic mass is 35.5. The van der Waals surface area contributed by atoms with Crippen molar-refractivity contribution >= 4 is 92.5 Å². The van der Waals surface area contributed by atoms with Gasteiger partial charge in [0.25, 0.3) is 0 Å². The van der Waals surface area contributed by atoms with Crippen LogP contribution in [0.25, 0.3) is 0 Å². The molecule has 0 fully saturated rings. The van der Waals surface area contributed by atoms with Gasteiger partial charge in [0.05, 0.1) is 26.7 Å². The van der Waals surface area contributed by atoms with Crippen LogP contribution in [-0.2, 0) is 42.4 Å². The molecule has 2 aliphatic rings. The smallest absolute Gasteiger partial charge is 0.159 e. The monoisotopic (exact) mass is 1090 g/mol. The summed E-state index contributed by atoms with van der Waals surface area (Å²) in [6.45, 7) is 4.04. The molecule has 11 nitrogen and oxygen atoms in total. The van der Waals surface area contributed by atoms with Gasteiger partial charge >= 0.3 is 0 Å². The first kappa shape index (κ1) is 59.7. The van der Waals surface area contributed by atoms with Gasteiger partial charge in [-0.25, -0.2) is 36.3 Å². The minimum atomic E-state index is -0.844. The Morgan fingerprint density at radius 2 is 0.857 bits per heavy atom. The number of hydrogen-bond donors (Lipinski definition) is 7. The molecule has 70 heavy (non-hydrogen) atoms. The number of nitrogens with zero attached hydrogens (tertiary/aromatic N) is 4. The summed E-state index contributed by atoms with van der Waals surface area (Å²) in [7, 11) is 0. The van der Waals surface area contributed by atoms with Crippen LogP contribution < -0.4 is 27.8 Å². The lowest BCUT2D eigenvalue weighted by molar-refractivity contribution is 0.270. The van der Waals surface area contributed by atoms with E-state index in [-0.39, 0.29) is 41.7 Å². The Balaban J connectivity index is 0.000000379. The maximum absolute atomic E-state index is 13.4. The first-order chi connectivity index (χ1) is 32.8. The predicted octanol–water partition coefficient (Wildman–Crippen LogP) is 9.75. The first-order valence-corrected chi connectivity index (χ1v) is 25.1. The SMILES string of the molecule is Cl.Cl.Fc1ccc(CCN2CN=C(SCc3ccccc3CSC3=NCN(CCc4ccc(F)c(F)c4)CN3)NC2)cc1F.N=C(N)SCc1ccccc1CSC(=N)N.NCc1ccc(F)c(F)c1. The number of nitrogens with one attached hydrogen (secondary N) is 4. The molecule has 0 saturated heterocycles. The molecule has 23 heteroatoms. The average Bonchev–Trinajstić information content (AvgIpc) is 3.34. The molecule has 0 aromatic heterocycles. The van der Waals surface area contributed by atoms with Gasteiger partial charge in [-0.15, -0.1) is 24.8 Å². The van der Waals surface area contributed by atoms with Gasteiger partial charge in [-0.2, -0.15) is 0 Å². The Labute approximate surface area is 433 Å². The van der Waals surface area contributed by atoms with Crippen molar-refractivity contribution in [1.29, 1.82) is 10.8 Å². The molecule has 5 aromatic carbocycles. The molecule has 5 aromatic rings. The fraction of sp³-hybridized carbons (Fsp3) is 0.277. The van der Waals surface area contributed by atoms with Gasteiger partial charge in [0, 0.05) is 42.6 Å². The van der Waals surface area contributed by atoms with Gasteiger partial charge in [-0.1, -0.05) is 114 Å². The second kappa shape index (κ2) is 31.7. The van der Waals surface area contributed by atoms with Crippen LogP contribution in [0.3, 0.4) is 0 Å². The third kappa shape index (κ3) is 21.0. The van der Waals surface area contributed by atoms with Crippen LogP contribution in [0.15, 0.2) is 113 Å². The molecular weight excluding hydrogens is 1030 g/mol. The molecule has 0 unspecified atom stereocenters. The number of benzene rings is 5. The van der Waals surface area contributed by atoms with E-state index < -0.39 is 34.9 Å². The number of rotatable bonds is 15. The van der Waals surface area contributed by atoms with E-state index in [1.807, 2.05) is 36.4 Å². The lowest BCUT2D eigenvalue weighted by Gasteiger charge is -2.27. The fourth-order valence-corrected chi connectivity index (χ4v) is 9.27. The van der Waals surface area contributed by atoms with Crippen molar-refractivity contribution in [2.75, 3.05) is 39.8 Å². The van der Waals surface area contributed by atoms with Crippen LogP contribution in [0.2, 0.25) is 0 Å². The van der Waals surface area contributed by atoms with Gasteiger partial charge in [0.15, 0.2) is 55.6 Å². The van der Waals surface area contributed by atoms with Crippen LogP contribution in [0, 0.1) is 45.7 Å². The van der Waals surface area contributed by atoms with Crippen LogP contribution in [0.4, 0.5) is 26.3 Å².